The van der Waals surface area contributed by atoms with Crippen LogP contribution in [-0.2, 0) is 23.9 Å². The van der Waals surface area contributed by atoms with Crippen LogP contribution in [0, 0.1) is 0 Å². The van der Waals surface area contributed by atoms with Gasteiger partial charge in [-0.25, -0.2) is 0 Å². The summed E-state index contributed by atoms with van der Waals surface area (Å²) in [5.74, 6) is -1.31. The highest BCUT2D eigenvalue weighted by atomic mass is 16.5. The molecule has 9 heteroatoms. The summed E-state index contributed by atoms with van der Waals surface area (Å²) in [5.41, 5.74) is 0.110. The fourth-order valence-corrected chi connectivity index (χ4v) is 3.57. The van der Waals surface area contributed by atoms with Gasteiger partial charge in [0.2, 0.25) is 5.91 Å². The van der Waals surface area contributed by atoms with Crippen LogP contribution in [0.3, 0.4) is 0 Å². The third-order valence-electron chi connectivity index (χ3n) is 4.84. The summed E-state index contributed by atoms with van der Waals surface area (Å²) in [6, 6.07) is 0. The number of esters is 1. The highest BCUT2D eigenvalue weighted by Gasteiger charge is 2.50. The Balaban J connectivity index is 1.77. The molecule has 0 aromatic heterocycles. The summed E-state index contributed by atoms with van der Waals surface area (Å²) in [4.78, 5) is 38.7. The molecule has 26 heavy (non-hydrogen) atoms. The van der Waals surface area contributed by atoms with E-state index in [1.807, 2.05) is 12.2 Å². The molecule has 142 valence electrons. The molecule has 2 aliphatic heterocycles. The summed E-state index contributed by atoms with van der Waals surface area (Å²) >= 11 is 0. The van der Waals surface area contributed by atoms with E-state index in [4.69, 9.17) is 9.47 Å². The van der Waals surface area contributed by atoms with Crippen LogP contribution in [0.2, 0.25) is 0 Å². The zero-order valence-corrected chi connectivity index (χ0v) is 14.8. The quantitative estimate of drug-likeness (QED) is 0.506. The van der Waals surface area contributed by atoms with Crippen LogP contribution >= 0.6 is 0 Å². The molecule has 3 rings (SSSR count). The van der Waals surface area contributed by atoms with E-state index in [1.165, 1.54) is 4.90 Å². The Morgan fingerprint density at radius 2 is 2.23 bits per heavy atom. The van der Waals surface area contributed by atoms with Gasteiger partial charge < -0.3 is 24.8 Å². The number of amides is 2. The van der Waals surface area contributed by atoms with Crippen molar-refractivity contribution >= 4 is 17.8 Å². The number of aliphatic hydroxyl groups is 1. The molecule has 9 nitrogen and oxygen atoms in total. The first-order valence-corrected chi connectivity index (χ1v) is 8.53. The Morgan fingerprint density at radius 3 is 2.85 bits per heavy atom. The minimum atomic E-state index is -1.43. The second-order valence-corrected chi connectivity index (χ2v) is 6.59. The van der Waals surface area contributed by atoms with Gasteiger partial charge in [0.25, 0.3) is 5.91 Å². The smallest absolute Gasteiger partial charge is 0.308 e. The average Bonchev–Trinajstić information content (AvgIpc) is 3.04. The maximum atomic E-state index is 12.8. The molecule has 0 aromatic rings. The van der Waals surface area contributed by atoms with Crippen molar-refractivity contribution in [2.24, 2.45) is 0 Å². The summed E-state index contributed by atoms with van der Waals surface area (Å²) < 4.78 is 10.2. The van der Waals surface area contributed by atoms with Crippen molar-refractivity contribution in [1.29, 1.82) is 0 Å². The van der Waals surface area contributed by atoms with Crippen molar-refractivity contribution in [3.8, 4) is 0 Å². The predicted molar refractivity (Wildman–Crippen MR) is 89.4 cm³/mol. The second-order valence-electron chi connectivity index (χ2n) is 6.59. The molecule has 0 radical (unpaired) electrons. The molecule has 2 heterocycles. The summed E-state index contributed by atoms with van der Waals surface area (Å²) in [6.45, 7) is 2.14. The molecule has 0 bridgehead atoms. The lowest BCUT2D eigenvalue weighted by molar-refractivity contribution is -0.148. The molecule has 3 atom stereocenters. The molecule has 1 fully saturated rings. The van der Waals surface area contributed by atoms with Gasteiger partial charge in [0.15, 0.2) is 6.35 Å². The van der Waals surface area contributed by atoms with Gasteiger partial charge in [-0.05, 0) is 12.5 Å². The van der Waals surface area contributed by atoms with E-state index >= 15 is 0 Å². The van der Waals surface area contributed by atoms with Crippen molar-refractivity contribution < 1.29 is 29.0 Å². The molecule has 1 saturated heterocycles. The number of aliphatic hydroxyl groups excluding tert-OH is 1. The van der Waals surface area contributed by atoms with Gasteiger partial charge >= 0.3 is 5.97 Å². The first kappa shape index (κ1) is 18.6. The second kappa shape index (κ2) is 7.18. The number of methoxy groups -OCH3 is 1. The molecule has 3 N–H and O–H groups in total. The Morgan fingerprint density at radius 1 is 1.46 bits per heavy atom. The molecule has 0 saturated carbocycles. The fraction of sp³-hybridized carbons (Fsp3) is 0.588. The van der Waals surface area contributed by atoms with Gasteiger partial charge in [-0.2, -0.15) is 0 Å². The van der Waals surface area contributed by atoms with Gasteiger partial charge in [-0.1, -0.05) is 12.2 Å². The number of carbonyl (C=O) groups excluding carboxylic acids is 3. The number of carbonyl (C=O) groups is 3. The highest BCUT2D eigenvalue weighted by molar-refractivity contribution is 5.99. The predicted octanol–water partition coefficient (Wildman–Crippen LogP) is -1.21. The Labute approximate surface area is 151 Å². The lowest BCUT2D eigenvalue weighted by Gasteiger charge is -2.31. The number of ether oxygens (including phenoxy) is 2. The van der Waals surface area contributed by atoms with Crippen molar-refractivity contribution in [2.45, 2.75) is 37.8 Å². The third-order valence-corrected chi connectivity index (χ3v) is 4.84. The molecule has 3 unspecified atom stereocenters. The number of hydrogen-bond acceptors (Lipinski definition) is 7. The zero-order chi connectivity index (χ0) is 18.9. The maximum Gasteiger partial charge on any atom is 0.308 e. The van der Waals surface area contributed by atoms with E-state index in [0.717, 1.165) is 5.57 Å². The van der Waals surface area contributed by atoms with E-state index in [1.54, 1.807) is 14.0 Å². The molecule has 3 aliphatic rings. The Kier molecular flexibility index (Phi) is 5.12. The van der Waals surface area contributed by atoms with Gasteiger partial charge in [-0.3, -0.25) is 19.7 Å². The van der Waals surface area contributed by atoms with Crippen LogP contribution in [0.1, 0.15) is 19.8 Å². The average molecular weight is 365 g/mol. The van der Waals surface area contributed by atoms with Gasteiger partial charge in [-0.15, -0.1) is 0 Å². The maximum absolute atomic E-state index is 12.8. The molecular weight excluding hydrogens is 342 g/mol. The van der Waals surface area contributed by atoms with E-state index in [2.05, 4.69) is 10.6 Å². The van der Waals surface area contributed by atoms with Gasteiger partial charge in [0, 0.05) is 32.2 Å². The van der Waals surface area contributed by atoms with Crippen LogP contribution in [0.15, 0.2) is 23.3 Å². The first-order chi connectivity index (χ1) is 12.4. The molecule has 0 spiro atoms. The highest BCUT2D eigenvalue weighted by Crippen LogP contribution is 2.31. The van der Waals surface area contributed by atoms with Crippen molar-refractivity contribution in [1.82, 2.24) is 15.5 Å². The SMILES string of the molecule is CCOC(=O)CC1(CN2CC3=C(CC(OC)C=C3)C2=O)NC(O)NC1=O. The van der Waals surface area contributed by atoms with Gasteiger partial charge in [0.05, 0.1) is 19.1 Å². The van der Waals surface area contributed by atoms with Crippen LogP contribution in [0.5, 0.6) is 0 Å². The lowest BCUT2D eigenvalue weighted by Crippen LogP contribution is -2.57. The Bertz CT molecular complexity index is 688. The number of hydrogen-bond donors (Lipinski definition) is 3. The zero-order valence-electron chi connectivity index (χ0n) is 14.8. The minimum Gasteiger partial charge on any atom is -0.466 e. The summed E-state index contributed by atoms with van der Waals surface area (Å²) in [7, 11) is 1.58. The first-order valence-electron chi connectivity index (χ1n) is 8.53. The number of nitrogens with one attached hydrogen (secondary N) is 2. The molecule has 0 aromatic carbocycles. The largest absolute Gasteiger partial charge is 0.466 e. The van der Waals surface area contributed by atoms with Crippen LogP contribution in [0.4, 0.5) is 0 Å². The topological polar surface area (TPSA) is 117 Å². The van der Waals surface area contributed by atoms with E-state index in [9.17, 15) is 19.5 Å². The molecule has 2 amide bonds. The lowest BCUT2D eigenvalue weighted by atomic mass is 9.94. The van der Waals surface area contributed by atoms with Crippen LogP contribution in [-0.4, -0.2) is 72.6 Å². The van der Waals surface area contributed by atoms with E-state index in [-0.39, 0.29) is 31.6 Å². The normalized spacial score (nSPS) is 30.7. The van der Waals surface area contributed by atoms with Crippen LogP contribution in [0.25, 0.3) is 0 Å². The van der Waals surface area contributed by atoms with Gasteiger partial charge in [0.1, 0.15) is 5.54 Å². The monoisotopic (exact) mass is 365 g/mol. The molecule has 1 aliphatic carbocycles. The standard InChI is InChI=1S/C17H23N3O6/c1-3-26-13(21)7-17(15(23)18-16(24)19-17)9-20-8-10-4-5-11(25-2)6-12(10)14(20)22/h4-5,11,16,19,24H,3,6-9H2,1-2H3,(H,18,23). The summed E-state index contributed by atoms with van der Waals surface area (Å²) in [6.07, 6.45) is 2.52. The summed E-state index contributed by atoms with van der Waals surface area (Å²) in [5, 5.41) is 14.8. The molecular formula is C17H23N3O6. The third kappa shape index (κ3) is 3.37. The van der Waals surface area contributed by atoms with Crippen molar-refractivity contribution in [3.63, 3.8) is 0 Å². The fourth-order valence-electron chi connectivity index (χ4n) is 3.57. The number of rotatable bonds is 6. The van der Waals surface area contributed by atoms with E-state index in [0.29, 0.717) is 18.5 Å². The van der Waals surface area contributed by atoms with E-state index < -0.39 is 23.8 Å². The van der Waals surface area contributed by atoms with Crippen molar-refractivity contribution in [3.05, 3.63) is 23.3 Å². The van der Waals surface area contributed by atoms with Crippen molar-refractivity contribution in [2.75, 3.05) is 26.8 Å². The Hall–Kier alpha value is -2.23. The van der Waals surface area contributed by atoms with Crippen LogP contribution < -0.4 is 10.6 Å². The number of nitrogens with zero attached hydrogens (tertiary/aromatic N) is 1. The minimum absolute atomic E-state index is 0.0496.